The minimum Gasteiger partial charge on any atom is -0.370 e. The molecule has 1 amide bonds. The molecule has 3 rings (SSSR count). The van der Waals surface area contributed by atoms with Crippen LogP contribution >= 0.6 is 0 Å². The normalized spacial score (nSPS) is 10.8. The lowest BCUT2D eigenvalue weighted by molar-refractivity contribution is 0.100. The van der Waals surface area contributed by atoms with Gasteiger partial charge in [-0.1, -0.05) is 6.07 Å². The third-order valence-corrected chi connectivity index (χ3v) is 3.56. The van der Waals surface area contributed by atoms with Crippen molar-refractivity contribution in [2.75, 3.05) is 0 Å². The Bertz CT molecular complexity index is 1050. The van der Waals surface area contributed by atoms with E-state index in [4.69, 9.17) is 11.5 Å². The molecule has 0 unspecified atom stereocenters. The number of fused-ring (bicyclic) bond motifs is 1. The molecule has 1 aromatic heterocycles. The summed E-state index contributed by atoms with van der Waals surface area (Å²) in [5, 5.41) is -0.106. The van der Waals surface area contributed by atoms with Crippen LogP contribution in [0.25, 0.3) is 22.0 Å². The van der Waals surface area contributed by atoms with E-state index in [1.54, 1.807) is 0 Å². The fraction of sp³-hybridized carbons (Fsp3) is 0. The number of aliphatic imine (C=N–C) groups is 1. The van der Waals surface area contributed by atoms with Crippen molar-refractivity contribution in [3.63, 3.8) is 0 Å². The van der Waals surface area contributed by atoms with Crippen LogP contribution in [0.2, 0.25) is 0 Å². The summed E-state index contributed by atoms with van der Waals surface area (Å²) in [4.78, 5) is 19.0. The van der Waals surface area contributed by atoms with E-state index >= 15 is 0 Å². The summed E-state index contributed by atoms with van der Waals surface area (Å²) in [7, 11) is 0. The number of hydrogen-bond donors (Lipinski definition) is 2. The average molecular weight is 362 g/mol. The van der Waals surface area contributed by atoms with Crippen molar-refractivity contribution in [2.24, 2.45) is 16.5 Å². The van der Waals surface area contributed by atoms with E-state index in [9.17, 15) is 22.4 Å². The molecule has 26 heavy (non-hydrogen) atoms. The van der Waals surface area contributed by atoms with Crippen LogP contribution < -0.4 is 11.5 Å². The van der Waals surface area contributed by atoms with E-state index in [1.165, 1.54) is 12.1 Å². The fourth-order valence-corrected chi connectivity index (χ4v) is 2.49. The maximum atomic E-state index is 14.1. The molecule has 0 radical (unpaired) electrons. The minimum absolute atomic E-state index is 0.0422. The molecule has 132 valence electrons. The largest absolute Gasteiger partial charge is 0.370 e. The Balaban J connectivity index is 2.32. The Morgan fingerprint density at radius 1 is 0.923 bits per heavy atom. The van der Waals surface area contributed by atoms with E-state index in [1.807, 2.05) is 0 Å². The predicted octanol–water partition coefficient (Wildman–Crippen LogP) is 2.87. The van der Waals surface area contributed by atoms with Crippen molar-refractivity contribution in [1.29, 1.82) is 0 Å². The molecule has 0 saturated carbocycles. The van der Waals surface area contributed by atoms with Gasteiger partial charge in [-0.3, -0.25) is 9.78 Å². The number of nitrogens with two attached hydrogens (primary N) is 2. The van der Waals surface area contributed by atoms with Gasteiger partial charge < -0.3 is 11.5 Å². The highest BCUT2D eigenvalue weighted by atomic mass is 19.1. The zero-order chi connectivity index (χ0) is 19.0. The number of benzene rings is 2. The van der Waals surface area contributed by atoms with Gasteiger partial charge in [0.2, 0.25) is 0 Å². The second kappa shape index (κ2) is 6.43. The molecular formula is C17H10F4N4O. The Labute approximate surface area is 144 Å². The molecule has 0 aliphatic carbocycles. The topological polar surface area (TPSA) is 94.4 Å². The number of hydrogen-bond acceptors (Lipinski definition) is 2. The van der Waals surface area contributed by atoms with Gasteiger partial charge in [-0.2, -0.15) is 4.99 Å². The summed E-state index contributed by atoms with van der Waals surface area (Å²) in [6.07, 6.45) is 0.775. The maximum absolute atomic E-state index is 14.1. The van der Waals surface area contributed by atoms with Crippen LogP contribution in [0, 0.1) is 23.3 Å². The molecule has 0 atom stereocenters. The van der Waals surface area contributed by atoms with Crippen LogP contribution in [-0.2, 0) is 0 Å². The van der Waals surface area contributed by atoms with Gasteiger partial charge in [0.15, 0.2) is 5.96 Å². The highest BCUT2D eigenvalue weighted by molar-refractivity contribution is 6.06. The molecule has 3 aromatic rings. The van der Waals surface area contributed by atoms with Crippen molar-refractivity contribution in [2.45, 2.75) is 0 Å². The first-order valence-corrected chi connectivity index (χ1v) is 7.15. The number of pyridine rings is 1. The van der Waals surface area contributed by atoms with E-state index in [2.05, 4.69) is 9.98 Å². The summed E-state index contributed by atoms with van der Waals surface area (Å²) >= 11 is 0. The van der Waals surface area contributed by atoms with Gasteiger partial charge in [-0.15, -0.1) is 0 Å². The smallest absolute Gasteiger partial charge is 0.280 e. The molecule has 5 nitrogen and oxygen atoms in total. The number of rotatable bonds is 2. The van der Waals surface area contributed by atoms with E-state index in [-0.39, 0.29) is 22.0 Å². The van der Waals surface area contributed by atoms with Crippen molar-refractivity contribution in [1.82, 2.24) is 4.98 Å². The summed E-state index contributed by atoms with van der Waals surface area (Å²) < 4.78 is 55.4. The van der Waals surface area contributed by atoms with Gasteiger partial charge in [0.25, 0.3) is 5.91 Å². The first kappa shape index (κ1) is 17.3. The van der Waals surface area contributed by atoms with Crippen molar-refractivity contribution >= 4 is 22.6 Å². The van der Waals surface area contributed by atoms with Crippen LogP contribution in [0.3, 0.4) is 0 Å². The third kappa shape index (κ3) is 3.06. The molecule has 9 heteroatoms. The molecule has 0 aliphatic rings. The van der Waals surface area contributed by atoms with Crippen LogP contribution in [0.4, 0.5) is 17.6 Å². The predicted molar refractivity (Wildman–Crippen MR) is 87.2 cm³/mol. The van der Waals surface area contributed by atoms with Crippen LogP contribution in [0.1, 0.15) is 10.4 Å². The number of aromatic nitrogens is 1. The fourth-order valence-electron chi connectivity index (χ4n) is 2.49. The SMILES string of the molecule is NC(N)=NC(=O)c1ccc2c(F)cnc(-c3c(F)cc(F)cc3F)c2c1. The van der Waals surface area contributed by atoms with Crippen LogP contribution in [-0.4, -0.2) is 16.9 Å². The molecule has 4 N–H and O–H groups in total. The highest BCUT2D eigenvalue weighted by Crippen LogP contribution is 2.33. The molecule has 0 fully saturated rings. The average Bonchev–Trinajstić information content (AvgIpc) is 2.55. The zero-order valence-corrected chi connectivity index (χ0v) is 12.9. The Hall–Kier alpha value is -3.49. The molecule has 2 aromatic carbocycles. The summed E-state index contributed by atoms with van der Waals surface area (Å²) in [5.74, 6) is -5.63. The van der Waals surface area contributed by atoms with E-state index in [0.29, 0.717) is 12.1 Å². The second-order valence-corrected chi connectivity index (χ2v) is 5.30. The molecule has 0 bridgehead atoms. The van der Waals surface area contributed by atoms with E-state index < -0.39 is 40.7 Å². The monoisotopic (exact) mass is 362 g/mol. The summed E-state index contributed by atoms with van der Waals surface area (Å²) in [5.41, 5.74) is 9.29. The molecular weight excluding hydrogens is 352 g/mol. The molecule has 0 saturated heterocycles. The third-order valence-electron chi connectivity index (χ3n) is 3.56. The van der Waals surface area contributed by atoms with Gasteiger partial charge >= 0.3 is 0 Å². The lowest BCUT2D eigenvalue weighted by atomic mass is 10.0. The van der Waals surface area contributed by atoms with Crippen LogP contribution in [0.15, 0.2) is 41.5 Å². The Morgan fingerprint density at radius 3 is 2.19 bits per heavy atom. The first-order valence-electron chi connectivity index (χ1n) is 7.15. The maximum Gasteiger partial charge on any atom is 0.280 e. The highest BCUT2D eigenvalue weighted by Gasteiger charge is 2.19. The standard InChI is InChI=1S/C17H10F4N4O/c18-8-4-11(19)14(12(20)5-8)15-10-3-7(16(26)25-17(22)23)1-2-9(10)13(21)6-24-15/h1-6H,(H4,22,23,25,26). The Kier molecular flexibility index (Phi) is 4.29. The molecule has 1 heterocycles. The summed E-state index contributed by atoms with van der Waals surface area (Å²) in [6.45, 7) is 0. The van der Waals surface area contributed by atoms with Crippen LogP contribution in [0.5, 0.6) is 0 Å². The van der Waals surface area contributed by atoms with Gasteiger partial charge in [0.1, 0.15) is 23.3 Å². The number of nitrogens with zero attached hydrogens (tertiary/aromatic N) is 2. The minimum atomic E-state index is -1.22. The Morgan fingerprint density at radius 2 is 1.58 bits per heavy atom. The first-order chi connectivity index (χ1) is 12.3. The number of carbonyl (C=O) groups is 1. The van der Waals surface area contributed by atoms with Crippen molar-refractivity contribution in [3.05, 3.63) is 65.4 Å². The zero-order valence-electron chi connectivity index (χ0n) is 12.9. The second-order valence-electron chi connectivity index (χ2n) is 5.30. The molecule has 0 spiro atoms. The van der Waals surface area contributed by atoms with E-state index in [0.717, 1.165) is 12.3 Å². The summed E-state index contributed by atoms with van der Waals surface area (Å²) in [6, 6.07) is 4.58. The number of amides is 1. The van der Waals surface area contributed by atoms with Gasteiger partial charge in [-0.05, 0) is 12.1 Å². The molecule has 0 aliphatic heterocycles. The van der Waals surface area contributed by atoms with Crippen molar-refractivity contribution < 1.29 is 22.4 Å². The lowest BCUT2D eigenvalue weighted by Crippen LogP contribution is -2.24. The van der Waals surface area contributed by atoms with Gasteiger partial charge in [0.05, 0.1) is 17.5 Å². The lowest BCUT2D eigenvalue weighted by Gasteiger charge is -2.10. The van der Waals surface area contributed by atoms with Crippen molar-refractivity contribution in [3.8, 4) is 11.3 Å². The van der Waals surface area contributed by atoms with Gasteiger partial charge in [0, 0.05) is 28.5 Å². The quantitative estimate of drug-likeness (QED) is 0.416. The number of guanidine groups is 1. The van der Waals surface area contributed by atoms with Gasteiger partial charge in [-0.25, -0.2) is 17.6 Å². The number of halogens is 4. The number of carbonyl (C=O) groups excluding carboxylic acids is 1.